The number of rotatable bonds is 3. The highest BCUT2D eigenvalue weighted by Gasteiger charge is 2.06. The van der Waals surface area contributed by atoms with Gasteiger partial charge in [-0.25, -0.2) is 5.01 Å². The third-order valence-electron chi connectivity index (χ3n) is 2.82. The van der Waals surface area contributed by atoms with E-state index in [9.17, 15) is 0 Å². The van der Waals surface area contributed by atoms with Gasteiger partial charge in [-0.1, -0.05) is 30.3 Å². The number of nitrogens with zero attached hydrogens (tertiary/aromatic N) is 1. The summed E-state index contributed by atoms with van der Waals surface area (Å²) in [6.07, 6.45) is 2.19. The van der Waals surface area contributed by atoms with Gasteiger partial charge in [0.1, 0.15) is 0 Å². The molecule has 0 aliphatic carbocycles. The average molecular weight is 220 g/mol. The van der Waals surface area contributed by atoms with Gasteiger partial charge < -0.3 is 4.74 Å². The lowest BCUT2D eigenvalue weighted by molar-refractivity contribution is 0.0573. The monoisotopic (exact) mass is 220 g/mol. The van der Waals surface area contributed by atoms with Crippen molar-refractivity contribution in [2.75, 3.05) is 32.8 Å². The van der Waals surface area contributed by atoms with Gasteiger partial charge >= 0.3 is 0 Å². The summed E-state index contributed by atoms with van der Waals surface area (Å²) in [5, 5.41) is 2.27. The lowest BCUT2D eigenvalue weighted by atomic mass is 10.1. The maximum absolute atomic E-state index is 5.48. The molecule has 1 fully saturated rings. The Hall–Kier alpha value is -0.900. The maximum Gasteiger partial charge on any atom is 0.0607 e. The van der Waals surface area contributed by atoms with Crippen LogP contribution in [0.4, 0.5) is 0 Å². The molecule has 3 nitrogen and oxygen atoms in total. The van der Waals surface area contributed by atoms with Crippen molar-refractivity contribution in [1.82, 2.24) is 10.4 Å². The second kappa shape index (κ2) is 6.63. The summed E-state index contributed by atoms with van der Waals surface area (Å²) in [7, 11) is 0. The van der Waals surface area contributed by atoms with E-state index in [0.29, 0.717) is 0 Å². The van der Waals surface area contributed by atoms with E-state index in [-0.39, 0.29) is 0 Å². The van der Waals surface area contributed by atoms with Crippen molar-refractivity contribution in [2.24, 2.45) is 0 Å². The van der Waals surface area contributed by atoms with Crippen molar-refractivity contribution < 1.29 is 4.74 Å². The van der Waals surface area contributed by atoms with Gasteiger partial charge in [-0.3, -0.25) is 5.43 Å². The third kappa shape index (κ3) is 3.93. The fraction of sp³-hybridized carbons (Fsp3) is 0.538. The summed E-state index contributed by atoms with van der Waals surface area (Å²) in [5.41, 5.74) is 4.84. The minimum absolute atomic E-state index is 0.835. The van der Waals surface area contributed by atoms with Crippen LogP contribution in [-0.4, -0.2) is 37.9 Å². The molecule has 0 bridgehead atoms. The number of hydrogen-bond donors (Lipinski definition) is 1. The predicted molar refractivity (Wildman–Crippen MR) is 65.2 cm³/mol. The molecule has 1 aliphatic heterocycles. The zero-order chi connectivity index (χ0) is 11.1. The molecule has 1 N–H and O–H groups in total. The van der Waals surface area contributed by atoms with Crippen LogP contribution in [-0.2, 0) is 11.2 Å². The molecular weight excluding hydrogens is 200 g/mol. The van der Waals surface area contributed by atoms with Gasteiger partial charge in [0.25, 0.3) is 0 Å². The van der Waals surface area contributed by atoms with E-state index in [1.165, 1.54) is 5.56 Å². The summed E-state index contributed by atoms with van der Waals surface area (Å²) >= 11 is 0. The molecule has 0 unspecified atom stereocenters. The Labute approximate surface area is 97.4 Å². The Morgan fingerprint density at radius 3 is 2.94 bits per heavy atom. The van der Waals surface area contributed by atoms with Crippen LogP contribution in [0.2, 0.25) is 0 Å². The van der Waals surface area contributed by atoms with Gasteiger partial charge in [0, 0.05) is 26.2 Å². The fourth-order valence-corrected chi connectivity index (χ4v) is 1.87. The van der Waals surface area contributed by atoms with Gasteiger partial charge in [-0.05, 0) is 18.4 Å². The lowest BCUT2D eigenvalue weighted by Gasteiger charge is -2.25. The van der Waals surface area contributed by atoms with E-state index in [2.05, 4.69) is 40.8 Å². The molecule has 1 aromatic carbocycles. The summed E-state index contributed by atoms with van der Waals surface area (Å²) in [5.74, 6) is 0. The average Bonchev–Trinajstić information content (AvgIpc) is 2.29. The number of benzene rings is 1. The van der Waals surface area contributed by atoms with Crippen LogP contribution < -0.4 is 5.43 Å². The fourth-order valence-electron chi connectivity index (χ4n) is 1.87. The van der Waals surface area contributed by atoms with Gasteiger partial charge in [0.15, 0.2) is 0 Å². The maximum atomic E-state index is 5.48. The summed E-state index contributed by atoms with van der Waals surface area (Å²) in [6, 6.07) is 10.6. The number of nitrogens with one attached hydrogen (secondary N) is 1. The quantitative estimate of drug-likeness (QED) is 0.834. The van der Waals surface area contributed by atoms with Crippen molar-refractivity contribution in [3.63, 3.8) is 0 Å². The largest absolute Gasteiger partial charge is 0.380 e. The van der Waals surface area contributed by atoms with Crippen LogP contribution in [0.1, 0.15) is 12.0 Å². The molecule has 2 rings (SSSR count). The number of hydrogen-bond acceptors (Lipinski definition) is 3. The first-order valence-corrected chi connectivity index (χ1v) is 6.05. The third-order valence-corrected chi connectivity index (χ3v) is 2.82. The Morgan fingerprint density at radius 2 is 2.06 bits per heavy atom. The van der Waals surface area contributed by atoms with Crippen LogP contribution in [0.3, 0.4) is 0 Å². The van der Waals surface area contributed by atoms with Crippen molar-refractivity contribution in [3.8, 4) is 0 Å². The topological polar surface area (TPSA) is 24.5 Å². The first-order chi connectivity index (χ1) is 7.95. The van der Waals surface area contributed by atoms with Crippen molar-refractivity contribution in [2.45, 2.75) is 12.8 Å². The molecule has 0 saturated carbocycles. The van der Waals surface area contributed by atoms with E-state index in [1.54, 1.807) is 0 Å². The molecule has 1 aromatic rings. The SMILES string of the molecule is c1ccc(CCN2CCOCCCN2)cc1. The first-order valence-electron chi connectivity index (χ1n) is 6.05. The molecule has 0 aromatic heterocycles. The molecule has 3 heteroatoms. The van der Waals surface area contributed by atoms with Crippen LogP contribution in [0, 0.1) is 0 Å². The molecule has 0 spiro atoms. The normalized spacial score (nSPS) is 19.0. The zero-order valence-electron chi connectivity index (χ0n) is 9.69. The number of ether oxygens (including phenoxy) is 1. The highest BCUT2D eigenvalue weighted by atomic mass is 16.5. The molecule has 1 heterocycles. The second-order valence-corrected chi connectivity index (χ2v) is 4.10. The van der Waals surface area contributed by atoms with E-state index < -0.39 is 0 Å². The minimum atomic E-state index is 0.835. The molecule has 0 amide bonds. The summed E-state index contributed by atoms with van der Waals surface area (Å²) < 4.78 is 5.48. The number of hydrazine groups is 1. The highest BCUT2D eigenvalue weighted by molar-refractivity contribution is 5.14. The summed E-state index contributed by atoms with van der Waals surface area (Å²) in [4.78, 5) is 0. The Morgan fingerprint density at radius 1 is 1.19 bits per heavy atom. The van der Waals surface area contributed by atoms with Crippen LogP contribution in [0.25, 0.3) is 0 Å². The standard InChI is InChI=1S/C13H20N2O/c1-2-5-13(6-3-1)7-9-15-10-12-16-11-4-8-14-15/h1-3,5-6,14H,4,7-12H2. The molecule has 88 valence electrons. The van der Waals surface area contributed by atoms with Crippen LogP contribution in [0.15, 0.2) is 30.3 Å². The van der Waals surface area contributed by atoms with Crippen molar-refractivity contribution in [1.29, 1.82) is 0 Å². The van der Waals surface area contributed by atoms with Gasteiger partial charge in [-0.15, -0.1) is 0 Å². The highest BCUT2D eigenvalue weighted by Crippen LogP contribution is 2.01. The van der Waals surface area contributed by atoms with Crippen LogP contribution >= 0.6 is 0 Å². The molecular formula is C13H20N2O. The zero-order valence-corrected chi connectivity index (χ0v) is 9.69. The molecule has 16 heavy (non-hydrogen) atoms. The molecule has 1 aliphatic rings. The Kier molecular flexibility index (Phi) is 4.80. The second-order valence-electron chi connectivity index (χ2n) is 4.10. The Balaban J connectivity index is 1.75. The van der Waals surface area contributed by atoms with E-state index >= 15 is 0 Å². The molecule has 0 atom stereocenters. The predicted octanol–water partition coefficient (Wildman–Crippen LogP) is 1.46. The first kappa shape index (κ1) is 11.6. The minimum Gasteiger partial charge on any atom is -0.380 e. The molecule has 1 saturated heterocycles. The lowest BCUT2D eigenvalue weighted by Crippen LogP contribution is -2.43. The van der Waals surface area contributed by atoms with Crippen LogP contribution in [0.5, 0.6) is 0 Å². The smallest absolute Gasteiger partial charge is 0.0607 e. The van der Waals surface area contributed by atoms with Gasteiger partial charge in [0.2, 0.25) is 0 Å². The van der Waals surface area contributed by atoms with E-state index in [4.69, 9.17) is 4.74 Å². The summed E-state index contributed by atoms with van der Waals surface area (Å²) in [6.45, 7) is 4.77. The van der Waals surface area contributed by atoms with Crippen molar-refractivity contribution in [3.05, 3.63) is 35.9 Å². The van der Waals surface area contributed by atoms with E-state index in [1.807, 2.05) is 0 Å². The molecule has 0 radical (unpaired) electrons. The van der Waals surface area contributed by atoms with E-state index in [0.717, 1.165) is 45.7 Å². The van der Waals surface area contributed by atoms with Crippen molar-refractivity contribution >= 4 is 0 Å². The van der Waals surface area contributed by atoms with Gasteiger partial charge in [-0.2, -0.15) is 0 Å². The Bertz CT molecular complexity index is 281. The van der Waals surface area contributed by atoms with Gasteiger partial charge in [0.05, 0.1) is 6.61 Å².